The number of aryl methyl sites for hydroxylation is 1. The highest BCUT2D eigenvalue weighted by molar-refractivity contribution is 5.73. The van der Waals surface area contributed by atoms with Gasteiger partial charge < -0.3 is 9.72 Å². The fourth-order valence-electron chi connectivity index (χ4n) is 4.68. The Bertz CT molecular complexity index is 1300. The van der Waals surface area contributed by atoms with E-state index in [2.05, 4.69) is 15.2 Å². The number of aromatic amines is 1. The summed E-state index contributed by atoms with van der Waals surface area (Å²) in [6.07, 6.45) is 7.41. The van der Waals surface area contributed by atoms with Crippen molar-refractivity contribution in [3.05, 3.63) is 52.1 Å². The van der Waals surface area contributed by atoms with E-state index in [-0.39, 0.29) is 23.4 Å². The lowest BCUT2D eigenvalue weighted by atomic mass is 9.71. The number of hydrogen-bond donors (Lipinski definition) is 1. The molecule has 1 aliphatic carbocycles. The second-order valence-electron chi connectivity index (χ2n) is 8.35. The molecule has 1 N–H and O–H groups in total. The Kier molecular flexibility index (Phi) is 3.98. The van der Waals surface area contributed by atoms with Gasteiger partial charge in [-0.1, -0.05) is 0 Å². The molecule has 0 radical (unpaired) electrons. The highest BCUT2D eigenvalue weighted by Crippen LogP contribution is 2.47. The van der Waals surface area contributed by atoms with Crippen LogP contribution >= 0.6 is 0 Å². The Morgan fingerprint density at radius 1 is 1.10 bits per heavy atom. The van der Waals surface area contributed by atoms with Crippen LogP contribution < -0.4 is 5.56 Å². The van der Waals surface area contributed by atoms with Gasteiger partial charge in [0.25, 0.3) is 5.56 Å². The Morgan fingerprint density at radius 2 is 1.93 bits per heavy atom. The molecule has 0 spiro atoms. The predicted molar refractivity (Wildman–Crippen MR) is 110 cm³/mol. The summed E-state index contributed by atoms with van der Waals surface area (Å²) in [4.78, 5) is 25.4. The third-order valence-electron chi connectivity index (χ3n) is 6.50. The number of H-pyrrole nitrogens is 1. The van der Waals surface area contributed by atoms with E-state index in [9.17, 15) is 4.79 Å². The first-order valence-corrected chi connectivity index (χ1v) is 10.6. The monoisotopic (exact) mass is 405 g/mol. The van der Waals surface area contributed by atoms with Gasteiger partial charge in [0, 0.05) is 25.0 Å². The molecule has 0 aromatic carbocycles. The number of ether oxygens (including phenoxy) is 1. The van der Waals surface area contributed by atoms with Crippen LogP contribution in [0.1, 0.15) is 60.8 Å². The predicted octanol–water partition coefficient (Wildman–Crippen LogP) is 2.48. The normalized spacial score (nSPS) is 22.6. The number of aromatic nitrogens is 7. The topological polar surface area (TPSA) is 103 Å². The fraction of sp³-hybridized carbons (Fsp3) is 0.476. The van der Waals surface area contributed by atoms with Crippen LogP contribution in [0, 0.1) is 6.92 Å². The zero-order valence-electron chi connectivity index (χ0n) is 16.8. The maximum atomic E-state index is 12.8. The van der Waals surface area contributed by atoms with Crippen LogP contribution in [0.4, 0.5) is 0 Å². The van der Waals surface area contributed by atoms with Crippen molar-refractivity contribution in [3.63, 3.8) is 0 Å². The molecule has 30 heavy (non-hydrogen) atoms. The molecule has 1 saturated heterocycles. The Morgan fingerprint density at radius 3 is 2.73 bits per heavy atom. The minimum absolute atomic E-state index is 0.119. The highest BCUT2D eigenvalue weighted by atomic mass is 16.5. The van der Waals surface area contributed by atoms with Gasteiger partial charge in [-0.05, 0) is 44.7 Å². The quantitative estimate of drug-likeness (QED) is 0.562. The molecule has 4 aromatic rings. The standard InChI is InChI=1S/C21H23N7O2/c1-12-2-5-18-23-17(11-27(18)26-12)14-3-4-15(14)19-24-20-16(21(29)25-19)10-22-28(20)13-6-8-30-9-7-13/h2,5,10-11,13-15H,3-4,6-9H2,1H3,(H,24,25,29). The Balaban J connectivity index is 1.37. The van der Waals surface area contributed by atoms with Gasteiger partial charge >= 0.3 is 0 Å². The SMILES string of the molecule is Cc1ccc2nc(C3CCC3c3nc4c(cnn4C4CCOCC4)c(=O)[nH]3)cn2n1. The van der Waals surface area contributed by atoms with Crippen LogP contribution in [0.15, 0.2) is 29.3 Å². The summed E-state index contributed by atoms with van der Waals surface area (Å²) in [6, 6.07) is 4.18. The van der Waals surface area contributed by atoms with Crippen molar-refractivity contribution >= 4 is 16.7 Å². The molecule has 2 atom stereocenters. The lowest BCUT2D eigenvalue weighted by Gasteiger charge is -2.34. The largest absolute Gasteiger partial charge is 0.381 e. The molecule has 0 bridgehead atoms. The van der Waals surface area contributed by atoms with Crippen LogP contribution in [0.2, 0.25) is 0 Å². The van der Waals surface area contributed by atoms with Crippen LogP contribution in [-0.2, 0) is 4.74 Å². The molecule has 0 amide bonds. The summed E-state index contributed by atoms with van der Waals surface area (Å²) in [5, 5.41) is 9.55. The minimum Gasteiger partial charge on any atom is -0.381 e. The van der Waals surface area contributed by atoms with E-state index in [0.29, 0.717) is 24.2 Å². The van der Waals surface area contributed by atoms with Gasteiger partial charge in [0.2, 0.25) is 0 Å². The zero-order valence-corrected chi connectivity index (χ0v) is 16.8. The summed E-state index contributed by atoms with van der Waals surface area (Å²) in [5.41, 5.74) is 3.36. The number of imidazole rings is 1. The maximum Gasteiger partial charge on any atom is 0.262 e. The molecule has 154 valence electrons. The summed E-state index contributed by atoms with van der Waals surface area (Å²) in [7, 11) is 0. The van der Waals surface area contributed by atoms with Gasteiger partial charge in [0.1, 0.15) is 11.2 Å². The van der Waals surface area contributed by atoms with E-state index in [4.69, 9.17) is 14.7 Å². The fourth-order valence-corrected chi connectivity index (χ4v) is 4.68. The molecule has 2 fully saturated rings. The van der Waals surface area contributed by atoms with Crippen LogP contribution in [0.3, 0.4) is 0 Å². The van der Waals surface area contributed by atoms with E-state index in [1.54, 1.807) is 6.20 Å². The lowest BCUT2D eigenvalue weighted by Crippen LogP contribution is -2.27. The van der Waals surface area contributed by atoms with Gasteiger partial charge in [0.15, 0.2) is 11.3 Å². The number of fused-ring (bicyclic) bond motifs is 2. The minimum atomic E-state index is -0.119. The second-order valence-corrected chi connectivity index (χ2v) is 8.35. The van der Waals surface area contributed by atoms with E-state index in [1.165, 1.54) is 0 Å². The van der Waals surface area contributed by atoms with Crippen molar-refractivity contribution in [3.8, 4) is 0 Å². The van der Waals surface area contributed by atoms with Crippen molar-refractivity contribution in [2.24, 2.45) is 0 Å². The lowest BCUT2D eigenvalue weighted by molar-refractivity contribution is 0.0673. The molecule has 9 heteroatoms. The molecular formula is C21H23N7O2. The highest BCUT2D eigenvalue weighted by Gasteiger charge is 2.37. The van der Waals surface area contributed by atoms with E-state index in [0.717, 1.165) is 48.5 Å². The maximum absolute atomic E-state index is 12.8. The van der Waals surface area contributed by atoms with E-state index >= 15 is 0 Å². The van der Waals surface area contributed by atoms with E-state index in [1.807, 2.05) is 34.5 Å². The average Bonchev–Trinajstić information content (AvgIpc) is 3.32. The van der Waals surface area contributed by atoms with Gasteiger partial charge in [-0.25, -0.2) is 19.2 Å². The second kappa shape index (κ2) is 6.73. The zero-order chi connectivity index (χ0) is 20.2. The van der Waals surface area contributed by atoms with Crippen molar-refractivity contribution in [2.75, 3.05) is 13.2 Å². The van der Waals surface area contributed by atoms with Crippen molar-refractivity contribution in [1.82, 2.24) is 34.3 Å². The summed E-state index contributed by atoms with van der Waals surface area (Å²) in [5.74, 6) is 1.11. The molecule has 6 rings (SSSR count). The first-order valence-electron chi connectivity index (χ1n) is 10.6. The smallest absolute Gasteiger partial charge is 0.262 e. The molecule has 1 aliphatic heterocycles. The number of rotatable bonds is 3. The molecular weight excluding hydrogens is 382 g/mol. The molecule has 1 saturated carbocycles. The summed E-state index contributed by atoms with van der Waals surface area (Å²) >= 11 is 0. The van der Waals surface area contributed by atoms with Crippen LogP contribution in [-0.4, -0.2) is 47.6 Å². The van der Waals surface area contributed by atoms with Gasteiger partial charge in [-0.15, -0.1) is 0 Å². The van der Waals surface area contributed by atoms with Crippen molar-refractivity contribution in [1.29, 1.82) is 0 Å². The van der Waals surface area contributed by atoms with Gasteiger partial charge in [-0.2, -0.15) is 10.2 Å². The van der Waals surface area contributed by atoms with Gasteiger partial charge in [-0.3, -0.25) is 4.79 Å². The molecule has 2 aliphatic rings. The van der Waals surface area contributed by atoms with Crippen molar-refractivity contribution in [2.45, 2.75) is 50.5 Å². The van der Waals surface area contributed by atoms with Crippen molar-refractivity contribution < 1.29 is 4.74 Å². The average molecular weight is 405 g/mol. The molecule has 9 nitrogen and oxygen atoms in total. The first-order chi connectivity index (χ1) is 14.7. The summed E-state index contributed by atoms with van der Waals surface area (Å²) < 4.78 is 9.23. The van der Waals surface area contributed by atoms with Gasteiger partial charge in [0.05, 0.1) is 29.8 Å². The molecule has 4 aromatic heterocycles. The Hall–Kier alpha value is -3.07. The molecule has 5 heterocycles. The number of nitrogens with one attached hydrogen (secondary N) is 1. The third-order valence-corrected chi connectivity index (χ3v) is 6.50. The Labute approximate surface area is 172 Å². The number of hydrogen-bond acceptors (Lipinski definition) is 6. The summed E-state index contributed by atoms with van der Waals surface area (Å²) in [6.45, 7) is 3.40. The van der Waals surface area contributed by atoms with E-state index < -0.39 is 0 Å². The number of nitrogens with zero attached hydrogens (tertiary/aromatic N) is 6. The van der Waals surface area contributed by atoms with Crippen LogP contribution in [0.5, 0.6) is 0 Å². The first kappa shape index (κ1) is 17.8. The molecule has 2 unspecified atom stereocenters. The third kappa shape index (κ3) is 2.76. The van der Waals surface area contributed by atoms with Crippen LogP contribution in [0.25, 0.3) is 16.7 Å².